The third-order valence-electron chi connectivity index (χ3n) is 8.38. The highest BCUT2D eigenvalue weighted by atomic mass is 16.6. The van der Waals surface area contributed by atoms with E-state index in [9.17, 15) is 14.4 Å². The van der Waals surface area contributed by atoms with Crippen molar-refractivity contribution in [2.45, 2.75) is 59.5 Å². The van der Waals surface area contributed by atoms with Crippen LogP contribution in [0, 0.1) is 28.6 Å². The van der Waals surface area contributed by atoms with Crippen LogP contribution in [0.1, 0.15) is 53.9 Å². The second-order valence-electron chi connectivity index (χ2n) is 9.81. The molecule has 0 heterocycles. The first kappa shape index (κ1) is 20.1. The molecule has 0 aliphatic heterocycles. The molecule has 6 atom stereocenters. The maximum Gasteiger partial charge on any atom is 0.303 e. The summed E-state index contributed by atoms with van der Waals surface area (Å²) in [5.74, 6) is 0.217. The Bertz CT molecular complexity index is 934. The van der Waals surface area contributed by atoms with Crippen molar-refractivity contribution < 1.29 is 19.1 Å². The fourth-order valence-electron chi connectivity index (χ4n) is 7.14. The Morgan fingerprint density at radius 3 is 2.52 bits per heavy atom. The number of Topliss-reactive ketones (excluding diaryl/α,β-unsaturated/α-hetero) is 1. The fraction of sp³-hybridized carbons (Fsp3) is 0.560. The van der Waals surface area contributed by atoms with E-state index >= 15 is 0 Å². The molecule has 4 rings (SSSR count). The van der Waals surface area contributed by atoms with Gasteiger partial charge in [-0.15, -0.1) is 0 Å². The number of rotatable bonds is 2. The van der Waals surface area contributed by atoms with E-state index in [4.69, 9.17) is 4.74 Å². The Morgan fingerprint density at radius 2 is 1.90 bits per heavy atom. The van der Waals surface area contributed by atoms with Gasteiger partial charge in [-0.2, -0.15) is 0 Å². The van der Waals surface area contributed by atoms with Crippen LogP contribution in [0.25, 0.3) is 0 Å². The van der Waals surface area contributed by atoms with E-state index in [1.165, 1.54) is 13.8 Å². The zero-order chi connectivity index (χ0) is 21.4. The van der Waals surface area contributed by atoms with Gasteiger partial charge in [0.25, 0.3) is 0 Å². The van der Waals surface area contributed by atoms with Crippen molar-refractivity contribution >= 4 is 17.5 Å². The minimum absolute atomic E-state index is 0.0454. The van der Waals surface area contributed by atoms with Crippen LogP contribution in [-0.4, -0.2) is 23.1 Å². The largest absolute Gasteiger partial charge is 0.446 e. The zero-order valence-corrected chi connectivity index (χ0v) is 18.0. The molecule has 6 unspecified atom stereocenters. The van der Waals surface area contributed by atoms with Gasteiger partial charge in [0.15, 0.2) is 17.2 Å². The Morgan fingerprint density at radius 1 is 1.21 bits per heavy atom. The topological polar surface area (TPSA) is 60.4 Å². The van der Waals surface area contributed by atoms with Crippen molar-refractivity contribution in [3.05, 3.63) is 47.6 Å². The Balaban J connectivity index is 1.85. The maximum absolute atomic E-state index is 12.9. The lowest BCUT2D eigenvalue weighted by Crippen LogP contribution is -2.58. The van der Waals surface area contributed by atoms with Crippen molar-refractivity contribution in [1.82, 2.24) is 0 Å². The van der Waals surface area contributed by atoms with Crippen LogP contribution < -0.4 is 0 Å². The first-order chi connectivity index (χ1) is 13.5. The van der Waals surface area contributed by atoms with Crippen LogP contribution in [0.15, 0.2) is 47.6 Å². The summed E-state index contributed by atoms with van der Waals surface area (Å²) >= 11 is 0. The van der Waals surface area contributed by atoms with Crippen LogP contribution in [0.4, 0.5) is 0 Å². The van der Waals surface area contributed by atoms with E-state index < -0.39 is 17.0 Å². The molecule has 0 aromatic heterocycles. The van der Waals surface area contributed by atoms with Gasteiger partial charge in [-0.05, 0) is 74.2 Å². The molecular formula is C25H30O4. The molecule has 4 aliphatic rings. The van der Waals surface area contributed by atoms with Gasteiger partial charge in [-0.1, -0.05) is 38.2 Å². The van der Waals surface area contributed by atoms with E-state index in [1.54, 1.807) is 12.2 Å². The molecule has 2 fully saturated rings. The van der Waals surface area contributed by atoms with Gasteiger partial charge in [-0.3, -0.25) is 14.4 Å². The molecule has 0 amide bonds. The van der Waals surface area contributed by atoms with Gasteiger partial charge >= 0.3 is 5.97 Å². The number of hydrogen-bond acceptors (Lipinski definition) is 4. The molecule has 29 heavy (non-hydrogen) atoms. The Hall–Kier alpha value is -2.23. The number of esters is 1. The molecule has 4 nitrogen and oxygen atoms in total. The summed E-state index contributed by atoms with van der Waals surface area (Å²) in [7, 11) is 0. The van der Waals surface area contributed by atoms with Gasteiger partial charge < -0.3 is 4.74 Å². The van der Waals surface area contributed by atoms with Crippen LogP contribution in [0.5, 0.6) is 0 Å². The smallest absolute Gasteiger partial charge is 0.303 e. The lowest BCUT2D eigenvalue weighted by atomic mass is 9.48. The van der Waals surface area contributed by atoms with E-state index in [0.717, 1.165) is 29.6 Å². The highest BCUT2D eigenvalue weighted by molar-refractivity contribution is 6.02. The Kier molecular flexibility index (Phi) is 4.24. The summed E-state index contributed by atoms with van der Waals surface area (Å²) in [5, 5.41) is 0. The number of hydrogen-bond donors (Lipinski definition) is 0. The number of fused-ring (bicyclic) bond motifs is 5. The number of carbonyl (C=O) groups excluding carboxylic acids is 3. The lowest BCUT2D eigenvalue weighted by Gasteiger charge is -2.56. The highest BCUT2D eigenvalue weighted by Gasteiger charge is 2.69. The average Bonchev–Trinajstić information content (AvgIpc) is 2.85. The van der Waals surface area contributed by atoms with Crippen molar-refractivity contribution in [3.63, 3.8) is 0 Å². The molecule has 0 aromatic carbocycles. The monoisotopic (exact) mass is 394 g/mol. The van der Waals surface area contributed by atoms with Gasteiger partial charge in [-0.25, -0.2) is 0 Å². The molecular weight excluding hydrogens is 364 g/mol. The second-order valence-corrected chi connectivity index (χ2v) is 9.81. The van der Waals surface area contributed by atoms with Crippen molar-refractivity contribution in [2.24, 2.45) is 28.6 Å². The summed E-state index contributed by atoms with van der Waals surface area (Å²) in [6.07, 6.45) is 10.2. The van der Waals surface area contributed by atoms with Crippen molar-refractivity contribution in [3.8, 4) is 0 Å². The highest BCUT2D eigenvalue weighted by Crippen LogP contribution is 2.68. The molecule has 0 aromatic rings. The molecule has 0 bridgehead atoms. The zero-order valence-electron chi connectivity index (χ0n) is 18.0. The number of ether oxygens (including phenoxy) is 1. The third kappa shape index (κ3) is 2.41. The van der Waals surface area contributed by atoms with E-state index in [2.05, 4.69) is 39.5 Å². The molecule has 4 aliphatic carbocycles. The van der Waals surface area contributed by atoms with Crippen LogP contribution in [-0.2, 0) is 19.1 Å². The molecule has 0 spiro atoms. The van der Waals surface area contributed by atoms with Gasteiger partial charge in [0.2, 0.25) is 0 Å². The van der Waals surface area contributed by atoms with E-state index in [0.29, 0.717) is 12.3 Å². The number of carbonyl (C=O) groups is 3. The van der Waals surface area contributed by atoms with Crippen LogP contribution in [0.3, 0.4) is 0 Å². The summed E-state index contributed by atoms with van der Waals surface area (Å²) < 4.78 is 5.82. The summed E-state index contributed by atoms with van der Waals surface area (Å²) in [4.78, 5) is 36.9. The average molecular weight is 395 g/mol. The minimum Gasteiger partial charge on any atom is -0.446 e. The first-order valence-electron chi connectivity index (χ1n) is 10.5. The second kappa shape index (κ2) is 6.13. The standard InChI is InChI=1S/C25H30O4/c1-14-11-19-20(23(5)9-7-18(28)13-21(14)23)8-10-24(6)22(19)12-15(2)25(24,16(3)26)29-17(4)27/h7,9,11,13,19-20,22H,2,8,10,12H2,1,3-6H3. The predicted molar refractivity (Wildman–Crippen MR) is 111 cm³/mol. The van der Waals surface area contributed by atoms with E-state index in [-0.39, 0.29) is 28.8 Å². The predicted octanol–water partition coefficient (Wildman–Crippen LogP) is 4.52. The van der Waals surface area contributed by atoms with Crippen LogP contribution in [0.2, 0.25) is 0 Å². The summed E-state index contributed by atoms with van der Waals surface area (Å²) in [5.41, 5.74) is 1.05. The normalized spacial score (nSPS) is 43.0. The lowest BCUT2D eigenvalue weighted by molar-refractivity contribution is -0.179. The molecule has 0 radical (unpaired) electrons. The van der Waals surface area contributed by atoms with E-state index in [1.807, 2.05) is 0 Å². The quantitative estimate of drug-likeness (QED) is 0.510. The fourth-order valence-corrected chi connectivity index (χ4v) is 7.14. The molecule has 2 saturated carbocycles. The van der Waals surface area contributed by atoms with Crippen LogP contribution >= 0.6 is 0 Å². The van der Waals surface area contributed by atoms with Crippen molar-refractivity contribution in [2.75, 3.05) is 0 Å². The van der Waals surface area contributed by atoms with Gasteiger partial charge in [0.1, 0.15) is 0 Å². The summed E-state index contributed by atoms with van der Waals surface area (Å²) in [6, 6.07) is 0. The maximum atomic E-state index is 12.9. The molecule has 154 valence electrons. The van der Waals surface area contributed by atoms with Crippen molar-refractivity contribution in [1.29, 1.82) is 0 Å². The SMILES string of the molecule is C=C1CC2C3C=C(C)C4=CC(=O)C=CC4(C)C3CCC2(C)C1(OC(C)=O)C(C)=O. The first-order valence-corrected chi connectivity index (χ1v) is 10.5. The van der Waals surface area contributed by atoms with Gasteiger partial charge in [0.05, 0.1) is 0 Å². The van der Waals surface area contributed by atoms with Gasteiger partial charge in [0, 0.05) is 17.8 Å². The summed E-state index contributed by atoms with van der Waals surface area (Å²) in [6.45, 7) is 13.5. The molecule has 0 N–H and O–H groups in total. The number of ketones is 2. The Labute approximate surface area is 172 Å². The third-order valence-corrected chi connectivity index (χ3v) is 8.38. The molecule has 4 heteroatoms. The minimum atomic E-state index is -1.24. The molecule has 0 saturated heterocycles. The number of allylic oxidation sites excluding steroid dienone is 6.